The Hall–Kier alpha value is 0.870. The molecule has 0 saturated heterocycles. The topological polar surface area (TPSA) is 66.4 Å². The summed E-state index contributed by atoms with van der Waals surface area (Å²) in [5, 5.41) is 0. The van der Waals surface area contributed by atoms with Crippen LogP contribution in [0.5, 0.6) is 0 Å². The first kappa shape index (κ1) is 39.0. The molecule has 0 aromatic heterocycles. The van der Waals surface area contributed by atoms with E-state index in [9.17, 15) is 13.0 Å². The third-order valence-electron chi connectivity index (χ3n) is 7.38. The maximum absolute atomic E-state index is 10.9. The van der Waals surface area contributed by atoms with Gasteiger partial charge in [-0.15, -0.1) is 0 Å². The second-order valence-corrected chi connectivity index (χ2v) is 12.0. The minimum Gasteiger partial charge on any atom is -0.726 e. The van der Waals surface area contributed by atoms with Gasteiger partial charge < -0.3 is 4.55 Å². The Morgan fingerprint density at radius 1 is 0.500 bits per heavy atom. The molecule has 0 fully saturated rings. The monoisotopic (exact) mass is 540 g/mol. The SMILES string of the molecule is CCCCCCCCCCCCCCCCC(CCCCCCCCCCCC)COS(=O)(=O)[O-].[Na+]. The van der Waals surface area contributed by atoms with E-state index in [1.807, 2.05) is 0 Å². The number of hydrogen-bond donors (Lipinski definition) is 0. The third-order valence-corrected chi connectivity index (χ3v) is 7.80. The molecule has 0 spiro atoms. The van der Waals surface area contributed by atoms with Gasteiger partial charge in [0.2, 0.25) is 10.4 Å². The van der Waals surface area contributed by atoms with Crippen LogP contribution >= 0.6 is 0 Å². The van der Waals surface area contributed by atoms with Crippen LogP contribution in [-0.2, 0) is 14.6 Å². The predicted octanol–water partition coefficient (Wildman–Crippen LogP) is 7.27. The van der Waals surface area contributed by atoms with E-state index in [0.29, 0.717) is 0 Å². The largest absolute Gasteiger partial charge is 1.00 e. The predicted molar refractivity (Wildman–Crippen MR) is 151 cm³/mol. The van der Waals surface area contributed by atoms with Crippen LogP contribution in [0, 0.1) is 5.92 Å². The van der Waals surface area contributed by atoms with Gasteiger partial charge in [0.15, 0.2) is 0 Å². The van der Waals surface area contributed by atoms with E-state index >= 15 is 0 Å². The molecule has 1 unspecified atom stereocenters. The number of rotatable bonds is 29. The van der Waals surface area contributed by atoms with Gasteiger partial charge in [0.05, 0.1) is 6.61 Å². The van der Waals surface area contributed by atoms with E-state index in [2.05, 4.69) is 18.0 Å². The Labute approximate surface area is 249 Å². The summed E-state index contributed by atoms with van der Waals surface area (Å²) < 4.78 is 37.3. The van der Waals surface area contributed by atoms with Gasteiger partial charge in [-0.25, -0.2) is 8.42 Å². The molecule has 212 valence electrons. The maximum atomic E-state index is 10.9. The first-order valence-electron chi connectivity index (χ1n) is 15.6. The molecule has 1 atom stereocenters. The molecule has 0 saturated carbocycles. The molecule has 0 rings (SSSR count). The second-order valence-electron chi connectivity index (χ2n) is 10.9. The molecule has 0 aliphatic rings. The maximum Gasteiger partial charge on any atom is 1.00 e. The molecule has 4 nitrogen and oxygen atoms in total. The van der Waals surface area contributed by atoms with Crippen molar-refractivity contribution >= 4 is 10.4 Å². The standard InChI is InChI=1S/C30H62O4S.Na/c1-3-5-7-9-11-13-15-16-17-18-20-22-24-26-28-30(29-34-35(31,32)33)27-25-23-21-19-14-12-10-8-6-4-2;/h30H,3-29H2,1-2H3,(H,31,32,33);/q;+1/p-1. The normalized spacial score (nSPS) is 12.5. The van der Waals surface area contributed by atoms with E-state index < -0.39 is 10.4 Å². The van der Waals surface area contributed by atoms with E-state index in [4.69, 9.17) is 0 Å². The van der Waals surface area contributed by atoms with Crippen molar-refractivity contribution in [3.05, 3.63) is 0 Å². The fraction of sp³-hybridized carbons (Fsp3) is 1.00. The molecule has 0 aliphatic heterocycles. The van der Waals surface area contributed by atoms with Crippen molar-refractivity contribution in [2.75, 3.05) is 6.61 Å². The minimum atomic E-state index is -4.58. The Balaban J connectivity index is 0. The van der Waals surface area contributed by atoms with Gasteiger partial charge in [0, 0.05) is 0 Å². The first-order chi connectivity index (χ1) is 17.0. The van der Waals surface area contributed by atoms with Crippen molar-refractivity contribution in [3.63, 3.8) is 0 Å². The van der Waals surface area contributed by atoms with Gasteiger partial charge >= 0.3 is 29.6 Å². The zero-order valence-corrected chi connectivity index (χ0v) is 27.5. The van der Waals surface area contributed by atoms with Crippen molar-refractivity contribution < 1.29 is 46.7 Å². The van der Waals surface area contributed by atoms with E-state index in [0.717, 1.165) is 25.7 Å². The third kappa shape index (κ3) is 32.9. The number of unbranched alkanes of at least 4 members (excludes halogenated alkanes) is 22. The average Bonchev–Trinajstić information content (AvgIpc) is 2.82. The van der Waals surface area contributed by atoms with Gasteiger partial charge in [0.25, 0.3) is 0 Å². The Morgan fingerprint density at radius 2 is 0.750 bits per heavy atom. The Bertz CT molecular complexity index is 513. The van der Waals surface area contributed by atoms with Gasteiger partial charge in [-0.2, -0.15) is 0 Å². The molecule has 0 heterocycles. The van der Waals surface area contributed by atoms with Gasteiger partial charge in [-0.1, -0.05) is 168 Å². The second kappa shape index (κ2) is 30.4. The van der Waals surface area contributed by atoms with Crippen molar-refractivity contribution in [1.82, 2.24) is 0 Å². The summed E-state index contributed by atoms with van der Waals surface area (Å²) >= 11 is 0. The summed E-state index contributed by atoms with van der Waals surface area (Å²) in [6, 6.07) is 0. The zero-order valence-electron chi connectivity index (χ0n) is 24.7. The fourth-order valence-corrected chi connectivity index (χ4v) is 5.40. The van der Waals surface area contributed by atoms with Crippen molar-refractivity contribution in [2.24, 2.45) is 5.92 Å². The molecule has 0 aliphatic carbocycles. The molecule has 0 radical (unpaired) electrons. The molecule has 0 aromatic carbocycles. The Morgan fingerprint density at radius 3 is 1.00 bits per heavy atom. The quantitative estimate of drug-likeness (QED) is 0.0433. The van der Waals surface area contributed by atoms with Crippen LogP contribution in [0.3, 0.4) is 0 Å². The van der Waals surface area contributed by atoms with Crippen molar-refractivity contribution in [1.29, 1.82) is 0 Å². The fourth-order valence-electron chi connectivity index (χ4n) is 5.04. The average molecular weight is 541 g/mol. The first-order valence-corrected chi connectivity index (χ1v) is 16.9. The zero-order chi connectivity index (χ0) is 25.9. The van der Waals surface area contributed by atoms with Crippen LogP contribution in [0.15, 0.2) is 0 Å². The molecule has 6 heteroatoms. The Kier molecular flexibility index (Phi) is 33.0. The van der Waals surface area contributed by atoms with E-state index in [1.165, 1.54) is 141 Å². The van der Waals surface area contributed by atoms with Gasteiger partial charge in [-0.3, -0.25) is 4.18 Å². The van der Waals surface area contributed by atoms with Crippen LogP contribution in [-0.4, -0.2) is 19.6 Å². The smallest absolute Gasteiger partial charge is 0.726 e. The van der Waals surface area contributed by atoms with Crippen LogP contribution in [0.25, 0.3) is 0 Å². The molecule has 36 heavy (non-hydrogen) atoms. The summed E-state index contributed by atoms with van der Waals surface area (Å²) in [5.74, 6) is 0.199. The molecular formula is C30H61NaO4S. The minimum absolute atomic E-state index is 0. The van der Waals surface area contributed by atoms with Crippen molar-refractivity contribution in [3.8, 4) is 0 Å². The molecule has 0 amide bonds. The van der Waals surface area contributed by atoms with E-state index in [-0.39, 0.29) is 42.1 Å². The van der Waals surface area contributed by atoms with Crippen LogP contribution in [0.2, 0.25) is 0 Å². The summed E-state index contributed by atoms with van der Waals surface area (Å²) in [4.78, 5) is 0. The molecule has 0 bridgehead atoms. The summed E-state index contributed by atoms with van der Waals surface area (Å²) in [6.07, 6.45) is 33.7. The number of hydrogen-bond acceptors (Lipinski definition) is 4. The summed E-state index contributed by atoms with van der Waals surface area (Å²) in [6.45, 7) is 4.60. The summed E-state index contributed by atoms with van der Waals surface area (Å²) in [5.41, 5.74) is 0. The molecule has 0 aromatic rings. The summed E-state index contributed by atoms with van der Waals surface area (Å²) in [7, 11) is -4.58. The van der Waals surface area contributed by atoms with Crippen molar-refractivity contribution in [2.45, 2.75) is 181 Å². The van der Waals surface area contributed by atoms with Crippen LogP contribution in [0.4, 0.5) is 0 Å². The van der Waals surface area contributed by atoms with Crippen LogP contribution in [0.1, 0.15) is 181 Å². The molecule has 0 N–H and O–H groups in total. The molecular weight excluding hydrogens is 479 g/mol. The van der Waals surface area contributed by atoms with Crippen LogP contribution < -0.4 is 29.6 Å². The van der Waals surface area contributed by atoms with E-state index in [1.54, 1.807) is 0 Å². The van der Waals surface area contributed by atoms with Gasteiger partial charge in [-0.05, 0) is 18.8 Å². The van der Waals surface area contributed by atoms with Gasteiger partial charge in [0.1, 0.15) is 0 Å².